The Kier molecular flexibility index (Phi) is 5.08. The van der Waals surface area contributed by atoms with Gasteiger partial charge in [0.2, 0.25) is 0 Å². The second-order valence-corrected chi connectivity index (χ2v) is 6.46. The third-order valence-corrected chi connectivity index (χ3v) is 4.43. The lowest BCUT2D eigenvalue weighted by Crippen LogP contribution is -2.28. The monoisotopic (exact) mass is 342 g/mol. The molecular formula is C18H18N2O3S. The summed E-state index contributed by atoms with van der Waals surface area (Å²) >= 11 is 1.53. The van der Waals surface area contributed by atoms with Crippen LogP contribution in [-0.4, -0.2) is 22.6 Å². The van der Waals surface area contributed by atoms with Crippen molar-refractivity contribution in [3.63, 3.8) is 0 Å². The fourth-order valence-electron chi connectivity index (χ4n) is 2.44. The number of rotatable bonds is 6. The zero-order chi connectivity index (χ0) is 16.9. The number of aliphatic hydroxyl groups is 1. The van der Waals surface area contributed by atoms with Gasteiger partial charge in [-0.3, -0.25) is 4.79 Å². The molecule has 1 unspecified atom stereocenters. The van der Waals surface area contributed by atoms with Gasteiger partial charge in [-0.05, 0) is 25.0 Å². The zero-order valence-corrected chi connectivity index (χ0v) is 14.0. The second kappa shape index (κ2) is 7.42. The summed E-state index contributed by atoms with van der Waals surface area (Å²) in [7, 11) is 0. The van der Waals surface area contributed by atoms with Crippen molar-refractivity contribution in [2.75, 3.05) is 6.61 Å². The molecule has 2 aromatic heterocycles. The number of carbonyl (C=O) groups is 1. The Labute approximate surface area is 144 Å². The molecule has 0 saturated heterocycles. The van der Waals surface area contributed by atoms with E-state index in [1.54, 1.807) is 6.07 Å². The maximum atomic E-state index is 12.5. The number of furan rings is 1. The standard InChI is InChI=1S/C18H18N2O3S/c1-12-19-16(11-24-12)17-9-14(10-23-17)18(22)20-15(7-8-21)13-5-3-2-4-6-13/h2-6,9-11,15,21H,7-8H2,1H3,(H,20,22). The van der Waals surface area contributed by atoms with Crippen molar-refractivity contribution >= 4 is 17.2 Å². The molecule has 0 aliphatic rings. The molecule has 0 saturated carbocycles. The fourth-order valence-corrected chi connectivity index (χ4v) is 3.05. The van der Waals surface area contributed by atoms with Gasteiger partial charge in [0, 0.05) is 12.0 Å². The number of hydrogen-bond donors (Lipinski definition) is 2. The Hall–Kier alpha value is -2.44. The average Bonchev–Trinajstić information content (AvgIpc) is 3.24. The van der Waals surface area contributed by atoms with Crippen molar-refractivity contribution in [3.05, 3.63) is 64.2 Å². The summed E-state index contributed by atoms with van der Waals surface area (Å²) in [4.78, 5) is 16.8. The first kappa shape index (κ1) is 16.4. The minimum atomic E-state index is -0.247. The number of hydrogen-bond acceptors (Lipinski definition) is 5. The summed E-state index contributed by atoms with van der Waals surface area (Å²) in [5.41, 5.74) is 2.12. The molecular weight excluding hydrogens is 324 g/mol. The molecule has 1 aromatic carbocycles. The Morgan fingerprint density at radius 3 is 2.83 bits per heavy atom. The number of aromatic nitrogens is 1. The lowest BCUT2D eigenvalue weighted by molar-refractivity contribution is 0.0929. The van der Waals surface area contributed by atoms with Crippen molar-refractivity contribution in [1.29, 1.82) is 0 Å². The van der Waals surface area contributed by atoms with Gasteiger partial charge in [-0.1, -0.05) is 30.3 Å². The molecule has 0 aliphatic heterocycles. The van der Waals surface area contributed by atoms with Crippen LogP contribution in [0.1, 0.15) is 33.4 Å². The van der Waals surface area contributed by atoms with Gasteiger partial charge in [0.25, 0.3) is 5.91 Å². The van der Waals surface area contributed by atoms with E-state index in [0.29, 0.717) is 17.7 Å². The van der Waals surface area contributed by atoms with E-state index >= 15 is 0 Å². The topological polar surface area (TPSA) is 75.4 Å². The summed E-state index contributed by atoms with van der Waals surface area (Å²) < 4.78 is 5.47. The quantitative estimate of drug-likeness (QED) is 0.718. The third-order valence-electron chi connectivity index (χ3n) is 3.66. The van der Waals surface area contributed by atoms with Gasteiger partial charge in [-0.25, -0.2) is 4.98 Å². The van der Waals surface area contributed by atoms with Crippen molar-refractivity contribution in [3.8, 4) is 11.5 Å². The van der Waals surface area contributed by atoms with Gasteiger partial charge in [0.15, 0.2) is 5.76 Å². The molecule has 24 heavy (non-hydrogen) atoms. The van der Waals surface area contributed by atoms with Crippen molar-refractivity contribution in [1.82, 2.24) is 10.3 Å². The summed E-state index contributed by atoms with van der Waals surface area (Å²) in [6, 6.07) is 11.0. The maximum Gasteiger partial charge on any atom is 0.255 e. The van der Waals surface area contributed by atoms with Gasteiger partial charge in [-0.2, -0.15) is 0 Å². The maximum absolute atomic E-state index is 12.5. The van der Waals surface area contributed by atoms with Crippen LogP contribution in [0.3, 0.4) is 0 Å². The number of nitrogens with zero attached hydrogens (tertiary/aromatic N) is 1. The first-order chi connectivity index (χ1) is 11.7. The molecule has 0 aliphatic carbocycles. The van der Waals surface area contributed by atoms with Crippen molar-refractivity contribution < 1.29 is 14.3 Å². The predicted octanol–water partition coefficient (Wildman–Crippen LogP) is 3.57. The van der Waals surface area contributed by atoms with Crippen molar-refractivity contribution in [2.24, 2.45) is 0 Å². The van der Waals surface area contributed by atoms with Crippen LogP contribution in [0.5, 0.6) is 0 Å². The molecule has 0 bridgehead atoms. The van der Waals surface area contributed by atoms with E-state index in [4.69, 9.17) is 4.42 Å². The number of thiazole rings is 1. The molecule has 0 fully saturated rings. The number of benzene rings is 1. The lowest BCUT2D eigenvalue weighted by Gasteiger charge is -2.17. The molecule has 124 valence electrons. The average molecular weight is 342 g/mol. The van der Waals surface area contributed by atoms with Crippen LogP contribution in [0.15, 0.2) is 52.5 Å². The number of aliphatic hydroxyl groups excluding tert-OH is 1. The number of aryl methyl sites for hydroxylation is 1. The first-order valence-electron chi connectivity index (χ1n) is 7.65. The van der Waals surface area contributed by atoms with E-state index in [9.17, 15) is 9.90 Å². The van der Waals surface area contributed by atoms with Gasteiger partial charge >= 0.3 is 0 Å². The van der Waals surface area contributed by atoms with E-state index in [0.717, 1.165) is 16.3 Å². The SMILES string of the molecule is Cc1nc(-c2cc(C(=O)NC(CCO)c3ccccc3)co2)cs1. The predicted molar refractivity (Wildman–Crippen MR) is 92.9 cm³/mol. The van der Waals surface area contributed by atoms with Crippen LogP contribution in [0.25, 0.3) is 11.5 Å². The normalized spacial score (nSPS) is 12.1. The molecule has 5 nitrogen and oxygen atoms in total. The highest BCUT2D eigenvalue weighted by Gasteiger charge is 2.18. The zero-order valence-electron chi connectivity index (χ0n) is 13.2. The Morgan fingerprint density at radius 1 is 1.38 bits per heavy atom. The molecule has 2 N–H and O–H groups in total. The highest BCUT2D eigenvalue weighted by Crippen LogP contribution is 2.24. The van der Waals surface area contributed by atoms with E-state index < -0.39 is 0 Å². The molecule has 1 atom stereocenters. The smallest absolute Gasteiger partial charge is 0.255 e. The summed E-state index contributed by atoms with van der Waals surface area (Å²) in [6.45, 7) is 1.92. The molecule has 3 aromatic rings. The number of carbonyl (C=O) groups excluding carboxylic acids is 1. The number of amides is 1. The number of nitrogens with one attached hydrogen (secondary N) is 1. The van der Waals surface area contributed by atoms with Crippen LogP contribution < -0.4 is 5.32 Å². The highest BCUT2D eigenvalue weighted by atomic mass is 32.1. The minimum absolute atomic E-state index is 0.00538. The van der Waals surface area contributed by atoms with E-state index in [-0.39, 0.29) is 18.6 Å². The van der Waals surface area contributed by atoms with E-state index in [1.165, 1.54) is 17.6 Å². The summed E-state index contributed by atoms with van der Waals surface area (Å²) in [5, 5.41) is 15.0. The molecule has 0 spiro atoms. The van der Waals surface area contributed by atoms with Gasteiger partial charge < -0.3 is 14.8 Å². The highest BCUT2D eigenvalue weighted by molar-refractivity contribution is 7.09. The van der Waals surface area contributed by atoms with Crippen LogP contribution in [0, 0.1) is 6.92 Å². The molecule has 6 heteroatoms. The Balaban J connectivity index is 1.75. The van der Waals surface area contributed by atoms with Crippen LogP contribution in [-0.2, 0) is 0 Å². The lowest BCUT2D eigenvalue weighted by atomic mass is 10.0. The summed E-state index contributed by atoms with van der Waals surface area (Å²) in [6.07, 6.45) is 1.88. The minimum Gasteiger partial charge on any atom is -0.462 e. The van der Waals surface area contributed by atoms with Gasteiger partial charge in [-0.15, -0.1) is 11.3 Å². The van der Waals surface area contributed by atoms with Crippen LogP contribution >= 0.6 is 11.3 Å². The van der Waals surface area contributed by atoms with Crippen LogP contribution in [0.4, 0.5) is 0 Å². The fraction of sp³-hybridized carbons (Fsp3) is 0.222. The second-order valence-electron chi connectivity index (χ2n) is 5.40. The third kappa shape index (κ3) is 3.72. The Bertz CT molecular complexity index is 811. The van der Waals surface area contributed by atoms with Crippen molar-refractivity contribution in [2.45, 2.75) is 19.4 Å². The van der Waals surface area contributed by atoms with E-state index in [2.05, 4.69) is 10.3 Å². The Morgan fingerprint density at radius 2 is 2.17 bits per heavy atom. The molecule has 3 rings (SSSR count). The molecule has 2 heterocycles. The van der Waals surface area contributed by atoms with Gasteiger partial charge in [0.1, 0.15) is 12.0 Å². The largest absolute Gasteiger partial charge is 0.462 e. The van der Waals surface area contributed by atoms with E-state index in [1.807, 2.05) is 42.6 Å². The molecule has 0 radical (unpaired) electrons. The van der Waals surface area contributed by atoms with Gasteiger partial charge in [0.05, 0.1) is 16.6 Å². The summed E-state index contributed by atoms with van der Waals surface area (Å²) in [5.74, 6) is 0.335. The molecule has 1 amide bonds. The van der Waals surface area contributed by atoms with Crippen LogP contribution in [0.2, 0.25) is 0 Å². The first-order valence-corrected chi connectivity index (χ1v) is 8.53.